The Balaban J connectivity index is 2.87. The van der Waals surface area contributed by atoms with Crippen molar-refractivity contribution < 1.29 is 14.1 Å². The van der Waals surface area contributed by atoms with Crippen LogP contribution in [-0.2, 0) is 4.74 Å². The summed E-state index contributed by atoms with van der Waals surface area (Å²) in [4.78, 5) is 10.3. The molecule has 0 spiro atoms. The summed E-state index contributed by atoms with van der Waals surface area (Å²) < 4.78 is 18.2. The number of rotatable bonds is 8. The van der Waals surface area contributed by atoms with Gasteiger partial charge < -0.3 is 15.8 Å². The Morgan fingerprint density at radius 3 is 2.89 bits per heavy atom. The van der Waals surface area contributed by atoms with Crippen molar-refractivity contribution in [3.63, 3.8) is 0 Å². The van der Waals surface area contributed by atoms with Gasteiger partial charge in [0, 0.05) is 25.3 Å². The van der Waals surface area contributed by atoms with Crippen LogP contribution in [0.25, 0.3) is 0 Å². The van der Waals surface area contributed by atoms with Crippen LogP contribution in [0.4, 0.5) is 15.8 Å². The fourth-order valence-corrected chi connectivity index (χ4v) is 1.77. The standard InChI is InChI=1S/C12H18FN3O3/c1-19-8-10(3-2-6-14)15-11-7-9(13)4-5-12(11)16(17)18/h4-5,7,10,15H,2-3,6,8,14H2,1H3. The smallest absolute Gasteiger partial charge is 0.292 e. The first-order valence-corrected chi connectivity index (χ1v) is 5.98. The van der Waals surface area contributed by atoms with E-state index in [1.807, 2.05) is 0 Å². The second kappa shape index (κ2) is 7.65. The van der Waals surface area contributed by atoms with Crippen LogP contribution in [0.15, 0.2) is 18.2 Å². The number of methoxy groups -OCH3 is 1. The molecular formula is C12H18FN3O3. The Kier molecular flexibility index (Phi) is 6.17. The number of nitrogens with one attached hydrogen (secondary N) is 1. The van der Waals surface area contributed by atoms with Crippen LogP contribution < -0.4 is 11.1 Å². The monoisotopic (exact) mass is 271 g/mol. The third kappa shape index (κ3) is 4.80. The molecule has 1 aromatic carbocycles. The zero-order valence-electron chi connectivity index (χ0n) is 10.8. The fraction of sp³-hybridized carbons (Fsp3) is 0.500. The molecule has 6 nitrogen and oxygen atoms in total. The third-order valence-corrected chi connectivity index (χ3v) is 2.64. The summed E-state index contributed by atoms with van der Waals surface area (Å²) in [5.74, 6) is -0.525. The van der Waals surface area contributed by atoms with Gasteiger partial charge in [0.1, 0.15) is 11.5 Å². The van der Waals surface area contributed by atoms with E-state index in [0.717, 1.165) is 24.6 Å². The molecule has 0 saturated heterocycles. The maximum Gasteiger partial charge on any atom is 0.292 e. The van der Waals surface area contributed by atoms with Crippen LogP contribution in [0.2, 0.25) is 0 Å². The molecule has 3 N–H and O–H groups in total. The topological polar surface area (TPSA) is 90.4 Å². The molecule has 1 unspecified atom stereocenters. The molecule has 0 aromatic heterocycles. The van der Waals surface area contributed by atoms with Gasteiger partial charge in [-0.3, -0.25) is 10.1 Å². The first kappa shape index (κ1) is 15.3. The molecule has 1 aromatic rings. The number of halogens is 1. The molecule has 0 aliphatic rings. The van der Waals surface area contributed by atoms with Gasteiger partial charge >= 0.3 is 0 Å². The predicted octanol–water partition coefficient (Wildman–Crippen LogP) is 1.90. The van der Waals surface area contributed by atoms with Gasteiger partial charge in [-0.1, -0.05) is 0 Å². The van der Waals surface area contributed by atoms with Crippen molar-refractivity contribution >= 4 is 11.4 Å². The number of anilines is 1. The van der Waals surface area contributed by atoms with Crippen molar-refractivity contribution in [2.24, 2.45) is 5.73 Å². The minimum Gasteiger partial charge on any atom is -0.383 e. The number of nitrogens with zero attached hydrogens (tertiary/aromatic N) is 1. The summed E-state index contributed by atoms with van der Waals surface area (Å²) in [5, 5.41) is 13.8. The summed E-state index contributed by atoms with van der Waals surface area (Å²) >= 11 is 0. The molecule has 1 atom stereocenters. The van der Waals surface area contributed by atoms with Crippen molar-refractivity contribution in [2.75, 3.05) is 25.6 Å². The lowest BCUT2D eigenvalue weighted by Crippen LogP contribution is -2.26. The Morgan fingerprint density at radius 2 is 2.32 bits per heavy atom. The first-order valence-electron chi connectivity index (χ1n) is 5.98. The van der Waals surface area contributed by atoms with E-state index in [1.165, 1.54) is 7.11 Å². The summed E-state index contributed by atoms with van der Waals surface area (Å²) in [5.41, 5.74) is 5.43. The van der Waals surface area contributed by atoms with Gasteiger partial charge in [0.25, 0.3) is 5.69 Å². The predicted molar refractivity (Wildman–Crippen MR) is 70.6 cm³/mol. The molecule has 106 valence electrons. The zero-order chi connectivity index (χ0) is 14.3. The fourth-order valence-electron chi connectivity index (χ4n) is 1.77. The summed E-state index contributed by atoms with van der Waals surface area (Å²) in [6, 6.07) is 3.18. The number of hydrogen-bond acceptors (Lipinski definition) is 5. The molecule has 19 heavy (non-hydrogen) atoms. The first-order chi connectivity index (χ1) is 9.08. The lowest BCUT2D eigenvalue weighted by Gasteiger charge is -2.18. The second-order valence-corrected chi connectivity index (χ2v) is 4.15. The molecule has 0 radical (unpaired) electrons. The maximum atomic E-state index is 13.2. The number of nitro benzene ring substituents is 1. The summed E-state index contributed by atoms with van der Waals surface area (Å²) in [6.07, 6.45) is 1.45. The van der Waals surface area contributed by atoms with Gasteiger partial charge in [0.15, 0.2) is 0 Å². The van der Waals surface area contributed by atoms with Crippen LogP contribution in [0.1, 0.15) is 12.8 Å². The average molecular weight is 271 g/mol. The Bertz CT molecular complexity index is 429. The van der Waals surface area contributed by atoms with E-state index in [4.69, 9.17) is 10.5 Å². The van der Waals surface area contributed by atoms with Gasteiger partial charge in [-0.25, -0.2) is 4.39 Å². The minimum atomic E-state index is -0.547. The van der Waals surface area contributed by atoms with Crippen LogP contribution in [-0.4, -0.2) is 31.2 Å². The molecular weight excluding hydrogens is 253 g/mol. The van der Waals surface area contributed by atoms with Crippen LogP contribution in [0.3, 0.4) is 0 Å². The molecule has 0 aliphatic heterocycles. The highest BCUT2D eigenvalue weighted by atomic mass is 19.1. The number of nitrogens with two attached hydrogens (primary N) is 1. The largest absolute Gasteiger partial charge is 0.383 e. The molecule has 0 aliphatic carbocycles. The molecule has 1 rings (SSSR count). The quantitative estimate of drug-likeness (QED) is 0.556. The maximum absolute atomic E-state index is 13.2. The second-order valence-electron chi connectivity index (χ2n) is 4.15. The molecule has 7 heteroatoms. The molecule has 0 amide bonds. The Morgan fingerprint density at radius 1 is 1.58 bits per heavy atom. The lowest BCUT2D eigenvalue weighted by molar-refractivity contribution is -0.384. The highest BCUT2D eigenvalue weighted by Crippen LogP contribution is 2.26. The Labute approximate surface area is 110 Å². The summed E-state index contributed by atoms with van der Waals surface area (Å²) in [7, 11) is 1.54. The van der Waals surface area contributed by atoms with Gasteiger partial charge in [-0.2, -0.15) is 0 Å². The van der Waals surface area contributed by atoms with Crippen molar-refractivity contribution in [1.29, 1.82) is 0 Å². The van der Waals surface area contributed by atoms with E-state index in [9.17, 15) is 14.5 Å². The van der Waals surface area contributed by atoms with E-state index in [0.29, 0.717) is 19.6 Å². The van der Waals surface area contributed by atoms with E-state index in [-0.39, 0.29) is 17.4 Å². The van der Waals surface area contributed by atoms with Crippen molar-refractivity contribution in [3.8, 4) is 0 Å². The minimum absolute atomic E-state index is 0.144. The van der Waals surface area contributed by atoms with Crippen LogP contribution in [0.5, 0.6) is 0 Å². The average Bonchev–Trinajstić information content (AvgIpc) is 2.36. The number of ether oxygens (including phenoxy) is 1. The van der Waals surface area contributed by atoms with E-state index < -0.39 is 10.7 Å². The number of hydrogen-bond donors (Lipinski definition) is 2. The molecule has 0 saturated carbocycles. The van der Waals surface area contributed by atoms with E-state index >= 15 is 0 Å². The summed E-state index contributed by atoms with van der Waals surface area (Å²) in [6.45, 7) is 0.890. The number of benzene rings is 1. The van der Waals surface area contributed by atoms with Crippen molar-refractivity contribution in [1.82, 2.24) is 0 Å². The van der Waals surface area contributed by atoms with Gasteiger partial charge in [-0.15, -0.1) is 0 Å². The molecule has 0 heterocycles. The molecule has 0 bridgehead atoms. The van der Waals surface area contributed by atoms with Crippen molar-refractivity contribution in [3.05, 3.63) is 34.1 Å². The Hall–Kier alpha value is -1.73. The van der Waals surface area contributed by atoms with E-state index in [2.05, 4.69) is 5.32 Å². The van der Waals surface area contributed by atoms with Crippen LogP contribution in [0, 0.1) is 15.9 Å². The normalized spacial score (nSPS) is 12.2. The highest BCUT2D eigenvalue weighted by molar-refractivity contribution is 5.61. The molecule has 0 fully saturated rings. The SMILES string of the molecule is COCC(CCCN)Nc1cc(F)ccc1[N+](=O)[O-]. The van der Waals surface area contributed by atoms with Crippen LogP contribution >= 0.6 is 0 Å². The van der Waals surface area contributed by atoms with Gasteiger partial charge in [-0.05, 0) is 25.5 Å². The van der Waals surface area contributed by atoms with Gasteiger partial charge in [0.05, 0.1) is 11.5 Å². The number of nitro groups is 1. The highest BCUT2D eigenvalue weighted by Gasteiger charge is 2.17. The zero-order valence-corrected chi connectivity index (χ0v) is 10.8. The van der Waals surface area contributed by atoms with E-state index in [1.54, 1.807) is 0 Å². The van der Waals surface area contributed by atoms with Gasteiger partial charge in [0.2, 0.25) is 0 Å². The third-order valence-electron chi connectivity index (χ3n) is 2.64. The van der Waals surface area contributed by atoms with Crippen molar-refractivity contribution in [2.45, 2.75) is 18.9 Å². The lowest BCUT2D eigenvalue weighted by atomic mass is 10.1.